The third kappa shape index (κ3) is 3.52. The number of carbonyl (C=O) groups is 1. The molecular weight excluding hydrogens is 356 g/mol. The summed E-state index contributed by atoms with van der Waals surface area (Å²) >= 11 is 0. The topological polar surface area (TPSA) is 60.0 Å². The largest absolute Gasteiger partial charge is 0.493 e. The van der Waals surface area contributed by atoms with Crippen LogP contribution in [-0.4, -0.2) is 45.9 Å². The Morgan fingerprint density at radius 2 is 1.93 bits per heavy atom. The minimum atomic E-state index is -0.329. The molecule has 2 aliphatic rings. The second kappa shape index (κ2) is 7.72. The maximum absolute atomic E-state index is 12.7. The molecule has 0 aromatic heterocycles. The van der Waals surface area contributed by atoms with Gasteiger partial charge in [0.1, 0.15) is 6.10 Å². The number of piperazine rings is 1. The predicted octanol–water partition coefficient (Wildman–Crippen LogP) is 2.96. The van der Waals surface area contributed by atoms with E-state index in [9.17, 15) is 4.79 Å². The average molecular weight is 382 g/mol. The minimum Gasteiger partial charge on any atom is -0.493 e. The monoisotopic (exact) mass is 382 g/mol. The molecule has 2 aliphatic heterocycles. The number of fused-ring (bicyclic) bond motifs is 1. The molecule has 0 amide bonds. The zero-order valence-electron chi connectivity index (χ0n) is 16.5. The summed E-state index contributed by atoms with van der Waals surface area (Å²) in [6, 6.07) is 12.2. The average Bonchev–Trinajstić information content (AvgIpc) is 2.73. The molecule has 6 nitrogen and oxygen atoms in total. The molecule has 2 aromatic carbocycles. The molecule has 28 heavy (non-hydrogen) atoms. The number of benzene rings is 2. The van der Waals surface area contributed by atoms with Crippen molar-refractivity contribution in [2.45, 2.75) is 25.5 Å². The fourth-order valence-corrected chi connectivity index (χ4v) is 3.97. The Balaban J connectivity index is 1.58. The van der Waals surface area contributed by atoms with Gasteiger partial charge in [-0.2, -0.15) is 0 Å². The van der Waals surface area contributed by atoms with E-state index in [2.05, 4.69) is 29.3 Å². The maximum Gasteiger partial charge on any atom is 0.339 e. The number of cyclic esters (lactones) is 1. The van der Waals surface area contributed by atoms with Gasteiger partial charge < -0.3 is 24.4 Å². The van der Waals surface area contributed by atoms with E-state index in [1.165, 1.54) is 0 Å². The summed E-state index contributed by atoms with van der Waals surface area (Å²) in [6.45, 7) is 4.99. The smallest absolute Gasteiger partial charge is 0.339 e. The van der Waals surface area contributed by atoms with Gasteiger partial charge in [-0.1, -0.05) is 12.1 Å². The number of ether oxygens (including phenoxy) is 3. The molecule has 0 aliphatic carbocycles. The lowest BCUT2D eigenvalue weighted by Gasteiger charge is -2.34. The van der Waals surface area contributed by atoms with Crippen molar-refractivity contribution in [3.8, 4) is 11.5 Å². The molecule has 0 saturated carbocycles. The minimum absolute atomic E-state index is 0.272. The van der Waals surface area contributed by atoms with Gasteiger partial charge in [0.05, 0.1) is 19.8 Å². The summed E-state index contributed by atoms with van der Waals surface area (Å²) in [4.78, 5) is 15.1. The summed E-state index contributed by atoms with van der Waals surface area (Å²) in [7, 11) is 3.20. The van der Waals surface area contributed by atoms with Crippen molar-refractivity contribution in [3.05, 3.63) is 53.1 Å². The summed E-state index contributed by atoms with van der Waals surface area (Å²) in [5.74, 6) is 1.01. The van der Waals surface area contributed by atoms with Crippen LogP contribution in [0, 0.1) is 0 Å². The molecule has 1 N–H and O–H groups in total. The third-order valence-electron chi connectivity index (χ3n) is 5.48. The molecular formula is C22H26N2O4. The first kappa shape index (κ1) is 18.6. The number of hydrogen-bond donors (Lipinski definition) is 1. The predicted molar refractivity (Wildman–Crippen MR) is 108 cm³/mol. The van der Waals surface area contributed by atoms with Gasteiger partial charge in [-0.15, -0.1) is 0 Å². The van der Waals surface area contributed by atoms with Gasteiger partial charge in [0.2, 0.25) is 0 Å². The van der Waals surface area contributed by atoms with Crippen LogP contribution in [-0.2, 0) is 11.2 Å². The molecule has 2 aromatic rings. The third-order valence-corrected chi connectivity index (χ3v) is 5.48. The number of nitrogens with one attached hydrogen (secondary N) is 1. The van der Waals surface area contributed by atoms with Gasteiger partial charge >= 0.3 is 5.97 Å². The normalized spacial score (nSPS) is 21.7. The van der Waals surface area contributed by atoms with Crippen LogP contribution < -0.4 is 19.7 Å². The van der Waals surface area contributed by atoms with Crippen molar-refractivity contribution in [3.63, 3.8) is 0 Å². The number of rotatable bonds is 4. The lowest BCUT2D eigenvalue weighted by molar-refractivity contribution is 0.0252. The molecule has 148 valence electrons. The zero-order valence-corrected chi connectivity index (χ0v) is 16.5. The molecule has 0 spiro atoms. The van der Waals surface area contributed by atoms with Gasteiger partial charge in [0.15, 0.2) is 11.5 Å². The number of hydrogen-bond acceptors (Lipinski definition) is 6. The second-order valence-electron chi connectivity index (χ2n) is 7.36. The highest BCUT2D eigenvalue weighted by Crippen LogP contribution is 2.36. The zero-order chi connectivity index (χ0) is 19.7. The summed E-state index contributed by atoms with van der Waals surface area (Å²) in [5, 5.41) is 3.44. The van der Waals surface area contributed by atoms with Crippen molar-refractivity contribution in [2.75, 3.05) is 38.8 Å². The van der Waals surface area contributed by atoms with Crippen molar-refractivity contribution >= 4 is 11.7 Å². The SMILES string of the molecule is COc1ccc(C2Cc3ccc(N4CCN[C@@H](C)C4)cc3C(=O)O2)cc1OC. The lowest BCUT2D eigenvalue weighted by atomic mass is 9.94. The lowest BCUT2D eigenvalue weighted by Crippen LogP contribution is -2.49. The van der Waals surface area contributed by atoms with Crippen LogP contribution in [0.1, 0.15) is 34.5 Å². The highest BCUT2D eigenvalue weighted by Gasteiger charge is 2.29. The first-order valence-electron chi connectivity index (χ1n) is 9.63. The van der Waals surface area contributed by atoms with E-state index >= 15 is 0 Å². The van der Waals surface area contributed by atoms with Crippen LogP contribution in [0.25, 0.3) is 0 Å². The highest BCUT2D eigenvalue weighted by molar-refractivity contribution is 5.93. The first-order chi connectivity index (χ1) is 13.6. The van der Waals surface area contributed by atoms with Crippen LogP contribution in [0.3, 0.4) is 0 Å². The van der Waals surface area contributed by atoms with E-state index in [0.29, 0.717) is 29.5 Å². The quantitative estimate of drug-likeness (QED) is 0.821. The number of carbonyl (C=O) groups excluding carboxylic acids is 1. The fraction of sp³-hybridized carbons (Fsp3) is 0.409. The van der Waals surface area contributed by atoms with Crippen molar-refractivity contribution in [1.82, 2.24) is 5.32 Å². The van der Waals surface area contributed by atoms with E-state index in [0.717, 1.165) is 36.4 Å². The Bertz CT molecular complexity index is 883. The summed E-state index contributed by atoms with van der Waals surface area (Å²) in [6.07, 6.45) is 0.319. The Morgan fingerprint density at radius 3 is 2.68 bits per heavy atom. The highest BCUT2D eigenvalue weighted by atomic mass is 16.5. The number of nitrogens with zero attached hydrogens (tertiary/aromatic N) is 1. The molecule has 0 bridgehead atoms. The van der Waals surface area contributed by atoms with E-state index in [1.807, 2.05) is 24.3 Å². The van der Waals surface area contributed by atoms with Crippen LogP contribution in [0.5, 0.6) is 11.5 Å². The Kier molecular flexibility index (Phi) is 5.13. The van der Waals surface area contributed by atoms with E-state index in [-0.39, 0.29) is 12.1 Å². The molecule has 1 fully saturated rings. The van der Waals surface area contributed by atoms with Crippen LogP contribution in [0.4, 0.5) is 5.69 Å². The Hall–Kier alpha value is -2.73. The van der Waals surface area contributed by atoms with E-state index < -0.39 is 0 Å². The fourth-order valence-electron chi connectivity index (χ4n) is 3.97. The van der Waals surface area contributed by atoms with Gasteiger partial charge in [-0.05, 0) is 42.3 Å². The van der Waals surface area contributed by atoms with Crippen LogP contribution in [0.2, 0.25) is 0 Å². The van der Waals surface area contributed by atoms with Gasteiger partial charge in [0, 0.05) is 37.8 Å². The summed E-state index contributed by atoms with van der Waals surface area (Å²) in [5.41, 5.74) is 3.66. The van der Waals surface area contributed by atoms with Crippen molar-refractivity contribution < 1.29 is 19.0 Å². The van der Waals surface area contributed by atoms with Crippen LogP contribution >= 0.6 is 0 Å². The maximum atomic E-state index is 12.7. The molecule has 4 rings (SSSR count). The molecule has 1 saturated heterocycles. The molecule has 2 atom stereocenters. The Morgan fingerprint density at radius 1 is 1.11 bits per heavy atom. The number of esters is 1. The number of anilines is 1. The Labute approximate surface area is 165 Å². The van der Waals surface area contributed by atoms with Gasteiger partial charge in [-0.25, -0.2) is 4.79 Å². The van der Waals surface area contributed by atoms with Gasteiger partial charge in [-0.3, -0.25) is 0 Å². The first-order valence-corrected chi connectivity index (χ1v) is 9.63. The van der Waals surface area contributed by atoms with Crippen LogP contribution in [0.15, 0.2) is 36.4 Å². The molecule has 1 unspecified atom stereocenters. The van der Waals surface area contributed by atoms with Crippen molar-refractivity contribution in [1.29, 1.82) is 0 Å². The number of methoxy groups -OCH3 is 2. The van der Waals surface area contributed by atoms with E-state index in [1.54, 1.807) is 14.2 Å². The van der Waals surface area contributed by atoms with Gasteiger partial charge in [0.25, 0.3) is 0 Å². The van der Waals surface area contributed by atoms with Crippen molar-refractivity contribution in [2.24, 2.45) is 0 Å². The summed E-state index contributed by atoms with van der Waals surface area (Å²) < 4.78 is 16.4. The van der Waals surface area contributed by atoms with E-state index in [4.69, 9.17) is 14.2 Å². The molecule has 6 heteroatoms. The second-order valence-corrected chi connectivity index (χ2v) is 7.36. The molecule has 0 radical (unpaired) electrons. The molecule has 2 heterocycles. The standard InChI is InChI=1S/C22H26N2O4/c1-14-13-24(9-8-23-14)17-6-4-15-10-20(28-22(25)18(15)12-17)16-5-7-19(26-2)21(11-16)27-3/h4-7,11-12,14,20,23H,8-10,13H2,1-3H3/t14-,20?/m0/s1.